The molecule has 1 atom stereocenters. The number of nitrogens with one attached hydrogen (secondary N) is 1. The van der Waals surface area contributed by atoms with E-state index in [9.17, 15) is 9.90 Å². The molecule has 5 nitrogen and oxygen atoms in total. The Kier molecular flexibility index (Phi) is 4.63. The summed E-state index contributed by atoms with van der Waals surface area (Å²) in [6, 6.07) is 0.301. The highest BCUT2D eigenvalue weighted by Crippen LogP contribution is 2.25. The zero-order chi connectivity index (χ0) is 13.8. The molecular weight excluding hydrogens is 262 g/mol. The van der Waals surface area contributed by atoms with Crippen LogP contribution in [0.3, 0.4) is 0 Å². The molecule has 19 heavy (non-hydrogen) atoms. The molecular formula is C13H19N3O2S. The Balaban J connectivity index is 2.38. The molecule has 1 aromatic rings. The zero-order valence-corrected chi connectivity index (χ0v) is 12.1. The normalized spacial score (nSPS) is 18.5. The van der Waals surface area contributed by atoms with Crippen LogP contribution in [-0.2, 0) is 12.8 Å². The fourth-order valence-electron chi connectivity index (χ4n) is 2.35. The van der Waals surface area contributed by atoms with E-state index in [1.807, 2.05) is 25.6 Å². The summed E-state index contributed by atoms with van der Waals surface area (Å²) in [6.07, 6.45) is 2.41. The molecule has 0 radical (unpaired) electrons. The quantitative estimate of drug-likeness (QED) is 0.862. The van der Waals surface area contributed by atoms with E-state index in [0.29, 0.717) is 30.3 Å². The van der Waals surface area contributed by atoms with Gasteiger partial charge in [0.05, 0.1) is 5.69 Å². The van der Waals surface area contributed by atoms with E-state index in [1.54, 1.807) is 0 Å². The van der Waals surface area contributed by atoms with E-state index >= 15 is 0 Å². The highest BCUT2D eigenvalue weighted by atomic mass is 32.2. The summed E-state index contributed by atoms with van der Waals surface area (Å²) in [5.74, 6) is 1.61. The molecule has 1 saturated heterocycles. The van der Waals surface area contributed by atoms with E-state index in [1.165, 1.54) is 0 Å². The molecule has 0 aliphatic carbocycles. The summed E-state index contributed by atoms with van der Waals surface area (Å²) in [4.78, 5) is 11.5. The van der Waals surface area contributed by atoms with E-state index in [0.717, 1.165) is 29.2 Å². The third kappa shape index (κ3) is 3.00. The zero-order valence-electron chi connectivity index (χ0n) is 11.3. The van der Waals surface area contributed by atoms with Gasteiger partial charge in [-0.15, -0.1) is 5.10 Å². The van der Waals surface area contributed by atoms with Crippen molar-refractivity contribution in [3.8, 4) is 0 Å². The Morgan fingerprint density at radius 1 is 1.42 bits per heavy atom. The van der Waals surface area contributed by atoms with Crippen molar-refractivity contribution in [3.05, 3.63) is 16.8 Å². The van der Waals surface area contributed by atoms with Gasteiger partial charge in [0.25, 0.3) is 0 Å². The van der Waals surface area contributed by atoms with Crippen LogP contribution in [-0.4, -0.2) is 38.8 Å². The molecule has 2 heterocycles. The number of hydrogen-bond acceptors (Lipinski definition) is 5. The van der Waals surface area contributed by atoms with Crippen LogP contribution in [0.5, 0.6) is 0 Å². The van der Waals surface area contributed by atoms with Gasteiger partial charge in [0.15, 0.2) is 5.82 Å². The molecule has 1 fully saturated rings. The molecule has 6 heteroatoms. The molecule has 2 rings (SSSR count). The van der Waals surface area contributed by atoms with Crippen molar-refractivity contribution in [2.24, 2.45) is 0 Å². The number of aryl methyl sites for hydroxylation is 1. The smallest absolute Gasteiger partial charge is 0.339 e. The number of aromatic carboxylic acids is 1. The number of aromatic nitrogens is 2. The molecule has 104 valence electrons. The SMILES string of the molecule is CCc1nnc(NC2CCSC2)c(C(=O)O)c1CC. The molecule has 0 amide bonds. The van der Waals surface area contributed by atoms with Crippen LogP contribution in [0.2, 0.25) is 0 Å². The Morgan fingerprint density at radius 2 is 2.21 bits per heavy atom. The van der Waals surface area contributed by atoms with Crippen LogP contribution in [0.4, 0.5) is 5.82 Å². The summed E-state index contributed by atoms with van der Waals surface area (Å²) < 4.78 is 0. The number of carboxylic acid groups (broad SMARTS) is 1. The fourth-order valence-corrected chi connectivity index (χ4v) is 3.50. The van der Waals surface area contributed by atoms with Crippen LogP contribution in [0.15, 0.2) is 0 Å². The summed E-state index contributed by atoms with van der Waals surface area (Å²) in [5, 5.41) is 21.0. The second kappa shape index (κ2) is 6.23. The maximum atomic E-state index is 11.5. The van der Waals surface area contributed by atoms with Gasteiger partial charge in [0, 0.05) is 11.8 Å². The number of nitrogens with zero attached hydrogens (tertiary/aromatic N) is 2. The van der Waals surface area contributed by atoms with Crippen LogP contribution >= 0.6 is 11.8 Å². The summed E-state index contributed by atoms with van der Waals surface area (Å²) in [6.45, 7) is 3.92. The Morgan fingerprint density at radius 3 is 2.74 bits per heavy atom. The third-order valence-corrected chi connectivity index (χ3v) is 4.49. The second-order valence-electron chi connectivity index (χ2n) is 4.57. The van der Waals surface area contributed by atoms with Gasteiger partial charge in [-0.1, -0.05) is 13.8 Å². The minimum atomic E-state index is -0.922. The van der Waals surface area contributed by atoms with Gasteiger partial charge in [0.2, 0.25) is 0 Å². The first-order valence-electron chi connectivity index (χ1n) is 6.63. The first-order chi connectivity index (χ1) is 9.17. The monoisotopic (exact) mass is 281 g/mol. The van der Waals surface area contributed by atoms with Crippen LogP contribution in [0.25, 0.3) is 0 Å². The molecule has 0 bridgehead atoms. The van der Waals surface area contributed by atoms with Gasteiger partial charge in [-0.25, -0.2) is 4.79 Å². The molecule has 0 spiro atoms. The fraction of sp³-hybridized carbons (Fsp3) is 0.615. The highest BCUT2D eigenvalue weighted by Gasteiger charge is 2.23. The molecule has 1 unspecified atom stereocenters. The molecule has 1 aromatic heterocycles. The average molecular weight is 281 g/mol. The lowest BCUT2D eigenvalue weighted by Crippen LogP contribution is -2.23. The number of rotatable bonds is 5. The number of hydrogen-bond donors (Lipinski definition) is 2. The third-order valence-electron chi connectivity index (χ3n) is 3.33. The number of carbonyl (C=O) groups is 1. The van der Waals surface area contributed by atoms with Crippen molar-refractivity contribution >= 4 is 23.5 Å². The van der Waals surface area contributed by atoms with Crippen molar-refractivity contribution in [2.75, 3.05) is 16.8 Å². The lowest BCUT2D eigenvalue weighted by Gasteiger charge is -2.16. The van der Waals surface area contributed by atoms with E-state index < -0.39 is 5.97 Å². The van der Waals surface area contributed by atoms with E-state index in [-0.39, 0.29) is 0 Å². The van der Waals surface area contributed by atoms with Crippen molar-refractivity contribution in [3.63, 3.8) is 0 Å². The Hall–Kier alpha value is -1.30. The second-order valence-corrected chi connectivity index (χ2v) is 5.72. The van der Waals surface area contributed by atoms with E-state index in [4.69, 9.17) is 0 Å². The van der Waals surface area contributed by atoms with Gasteiger partial charge >= 0.3 is 5.97 Å². The molecule has 0 aromatic carbocycles. The minimum Gasteiger partial charge on any atom is -0.478 e. The van der Waals surface area contributed by atoms with Crippen molar-refractivity contribution in [1.29, 1.82) is 0 Å². The Labute approximate surface area is 117 Å². The number of carboxylic acids is 1. The van der Waals surface area contributed by atoms with E-state index in [2.05, 4.69) is 15.5 Å². The standard InChI is InChI=1S/C13H19N3O2S/c1-3-9-10(4-2)15-16-12(11(9)13(17)18)14-8-5-6-19-7-8/h8H,3-7H2,1-2H3,(H,14,16)(H,17,18). The van der Waals surface area contributed by atoms with Crippen molar-refractivity contribution in [1.82, 2.24) is 10.2 Å². The van der Waals surface area contributed by atoms with Crippen molar-refractivity contribution in [2.45, 2.75) is 39.2 Å². The lowest BCUT2D eigenvalue weighted by molar-refractivity contribution is 0.0696. The first-order valence-corrected chi connectivity index (χ1v) is 7.78. The molecule has 1 aliphatic rings. The maximum Gasteiger partial charge on any atom is 0.339 e. The molecule has 1 aliphatic heterocycles. The van der Waals surface area contributed by atoms with Crippen LogP contribution in [0.1, 0.15) is 41.9 Å². The topological polar surface area (TPSA) is 75.1 Å². The summed E-state index contributed by atoms with van der Waals surface area (Å²) >= 11 is 1.88. The lowest BCUT2D eigenvalue weighted by atomic mass is 10.0. The minimum absolute atomic E-state index is 0.297. The van der Waals surface area contributed by atoms with Gasteiger partial charge in [-0.3, -0.25) is 0 Å². The number of anilines is 1. The van der Waals surface area contributed by atoms with Gasteiger partial charge in [0.1, 0.15) is 5.56 Å². The largest absolute Gasteiger partial charge is 0.478 e. The summed E-state index contributed by atoms with van der Waals surface area (Å²) in [7, 11) is 0. The molecule has 0 saturated carbocycles. The van der Waals surface area contributed by atoms with Crippen LogP contribution < -0.4 is 5.32 Å². The predicted octanol–water partition coefficient (Wildman–Crippen LogP) is 2.22. The first kappa shape index (κ1) is 14.1. The maximum absolute atomic E-state index is 11.5. The molecule has 2 N–H and O–H groups in total. The average Bonchev–Trinajstić information content (AvgIpc) is 2.90. The number of thioether (sulfide) groups is 1. The van der Waals surface area contributed by atoms with Crippen molar-refractivity contribution < 1.29 is 9.90 Å². The van der Waals surface area contributed by atoms with Gasteiger partial charge in [-0.05, 0) is 30.6 Å². The summed E-state index contributed by atoms with van der Waals surface area (Å²) in [5.41, 5.74) is 1.88. The van der Waals surface area contributed by atoms with Gasteiger partial charge < -0.3 is 10.4 Å². The highest BCUT2D eigenvalue weighted by molar-refractivity contribution is 7.99. The predicted molar refractivity (Wildman–Crippen MR) is 77.1 cm³/mol. The van der Waals surface area contributed by atoms with Crippen LogP contribution in [0, 0.1) is 0 Å². The Bertz CT molecular complexity index is 473. The van der Waals surface area contributed by atoms with Gasteiger partial charge in [-0.2, -0.15) is 16.9 Å².